The fraction of sp³-hybridized carbons (Fsp3) is 0.111. The molecule has 2 N–H and O–H groups in total. The van der Waals surface area contributed by atoms with Crippen LogP contribution in [0.2, 0.25) is 5.02 Å². The topological polar surface area (TPSA) is 99.4 Å². The van der Waals surface area contributed by atoms with Crippen LogP contribution in [0, 0.1) is 0 Å². The van der Waals surface area contributed by atoms with Gasteiger partial charge in [0.2, 0.25) is 5.13 Å². The molecule has 0 radical (unpaired) electrons. The SMILES string of the molecule is COc1ccc(C=NNC(=O)c2csc(N3N=C(c4ccccc4)CC3c3ccc(Cl)cc3)n2)cc1O. The van der Waals surface area contributed by atoms with Crippen molar-refractivity contribution >= 4 is 45.9 Å². The number of hydrogen-bond donors (Lipinski definition) is 2. The number of halogens is 1. The van der Waals surface area contributed by atoms with Gasteiger partial charge in [-0.15, -0.1) is 11.3 Å². The van der Waals surface area contributed by atoms with E-state index in [2.05, 4.69) is 15.5 Å². The van der Waals surface area contributed by atoms with Gasteiger partial charge in [-0.3, -0.25) is 4.79 Å². The molecule has 0 saturated heterocycles. The first kappa shape index (κ1) is 24.5. The highest BCUT2D eigenvalue weighted by atomic mass is 35.5. The van der Waals surface area contributed by atoms with Gasteiger partial charge in [0.05, 0.1) is 25.1 Å². The first-order valence-electron chi connectivity index (χ1n) is 11.4. The number of hydrogen-bond acceptors (Lipinski definition) is 8. The molecule has 0 spiro atoms. The maximum absolute atomic E-state index is 12.7. The summed E-state index contributed by atoms with van der Waals surface area (Å²) in [6.07, 6.45) is 2.11. The molecule has 0 fully saturated rings. The molecule has 1 amide bonds. The van der Waals surface area contributed by atoms with E-state index in [-0.39, 0.29) is 17.5 Å². The van der Waals surface area contributed by atoms with Crippen LogP contribution in [0.1, 0.15) is 39.6 Å². The van der Waals surface area contributed by atoms with Gasteiger partial charge in [-0.1, -0.05) is 54.1 Å². The number of phenolic OH excluding ortho intramolecular Hbond substituents is 1. The van der Waals surface area contributed by atoms with Gasteiger partial charge >= 0.3 is 0 Å². The largest absolute Gasteiger partial charge is 0.504 e. The lowest BCUT2D eigenvalue weighted by atomic mass is 9.99. The molecule has 5 rings (SSSR count). The van der Waals surface area contributed by atoms with Crippen LogP contribution in [0.4, 0.5) is 5.13 Å². The Hall–Kier alpha value is -4.21. The highest BCUT2D eigenvalue weighted by Gasteiger charge is 2.32. The zero-order chi connectivity index (χ0) is 25.8. The summed E-state index contributed by atoms with van der Waals surface area (Å²) in [5, 5.41) is 23.5. The highest BCUT2D eigenvalue weighted by Crippen LogP contribution is 2.38. The van der Waals surface area contributed by atoms with Crippen molar-refractivity contribution in [3.05, 3.63) is 106 Å². The number of anilines is 1. The molecule has 4 aromatic rings. The molecule has 3 aromatic carbocycles. The van der Waals surface area contributed by atoms with E-state index >= 15 is 0 Å². The van der Waals surface area contributed by atoms with E-state index in [1.165, 1.54) is 30.7 Å². The number of methoxy groups -OCH3 is 1. The lowest BCUT2D eigenvalue weighted by Gasteiger charge is -2.21. The number of hydrazone groups is 2. The Morgan fingerprint density at radius 3 is 2.70 bits per heavy atom. The van der Waals surface area contributed by atoms with E-state index in [1.54, 1.807) is 17.5 Å². The number of aromatic nitrogens is 1. The molecule has 1 aromatic heterocycles. The van der Waals surface area contributed by atoms with Gasteiger partial charge in [-0.2, -0.15) is 10.2 Å². The molecule has 1 unspecified atom stereocenters. The summed E-state index contributed by atoms with van der Waals surface area (Å²) >= 11 is 7.44. The predicted octanol–water partition coefficient (Wildman–Crippen LogP) is 5.63. The van der Waals surface area contributed by atoms with E-state index in [0.29, 0.717) is 27.9 Å². The van der Waals surface area contributed by atoms with Crippen LogP contribution in [0.25, 0.3) is 0 Å². The first-order valence-corrected chi connectivity index (χ1v) is 12.6. The second kappa shape index (κ2) is 10.8. The number of nitrogens with zero attached hydrogens (tertiary/aromatic N) is 4. The van der Waals surface area contributed by atoms with E-state index < -0.39 is 5.91 Å². The molecule has 1 aliphatic heterocycles. The van der Waals surface area contributed by atoms with Gasteiger partial charge in [0.25, 0.3) is 5.91 Å². The Bertz CT molecular complexity index is 1470. The van der Waals surface area contributed by atoms with Crippen LogP contribution in [-0.4, -0.2) is 35.0 Å². The number of ether oxygens (including phenoxy) is 1. The Morgan fingerprint density at radius 1 is 1.19 bits per heavy atom. The lowest BCUT2D eigenvalue weighted by Crippen LogP contribution is -2.20. The third-order valence-corrected chi connectivity index (χ3v) is 6.86. The van der Waals surface area contributed by atoms with Crippen molar-refractivity contribution in [3.8, 4) is 11.5 Å². The van der Waals surface area contributed by atoms with Gasteiger partial charge in [0.15, 0.2) is 11.5 Å². The molecule has 1 atom stereocenters. The molecule has 0 saturated carbocycles. The van der Waals surface area contributed by atoms with Crippen LogP contribution >= 0.6 is 22.9 Å². The van der Waals surface area contributed by atoms with Crippen LogP contribution in [-0.2, 0) is 0 Å². The van der Waals surface area contributed by atoms with Crippen molar-refractivity contribution in [1.29, 1.82) is 0 Å². The van der Waals surface area contributed by atoms with Crippen molar-refractivity contribution in [2.45, 2.75) is 12.5 Å². The monoisotopic (exact) mass is 531 g/mol. The van der Waals surface area contributed by atoms with Crippen LogP contribution in [0.5, 0.6) is 11.5 Å². The standard InChI is InChI=1S/C27H22ClN5O3S/c1-36-25-12-7-17(13-24(25)34)15-29-31-26(35)22-16-37-27(30-22)33-23(19-8-10-20(28)11-9-19)14-21(32-33)18-5-3-2-4-6-18/h2-13,15-16,23,34H,14H2,1H3,(H,31,35). The number of rotatable bonds is 7. The predicted molar refractivity (Wildman–Crippen MR) is 146 cm³/mol. The number of amides is 1. The summed E-state index contributed by atoms with van der Waals surface area (Å²) in [6, 6.07) is 22.4. The number of benzene rings is 3. The third kappa shape index (κ3) is 5.47. The van der Waals surface area contributed by atoms with Gasteiger partial charge < -0.3 is 9.84 Å². The van der Waals surface area contributed by atoms with Crippen molar-refractivity contribution < 1.29 is 14.6 Å². The van der Waals surface area contributed by atoms with Gasteiger partial charge in [-0.05, 0) is 47.0 Å². The normalized spacial score (nSPS) is 15.1. The maximum Gasteiger partial charge on any atom is 0.290 e. The number of phenols is 1. The second-order valence-corrected chi connectivity index (χ2v) is 9.45. The van der Waals surface area contributed by atoms with Crippen LogP contribution in [0.3, 0.4) is 0 Å². The first-order chi connectivity index (χ1) is 18.0. The fourth-order valence-electron chi connectivity index (χ4n) is 3.92. The van der Waals surface area contributed by atoms with Crippen molar-refractivity contribution in [2.24, 2.45) is 10.2 Å². The number of aromatic hydroxyl groups is 1. The zero-order valence-electron chi connectivity index (χ0n) is 19.7. The van der Waals surface area contributed by atoms with Gasteiger partial charge in [-0.25, -0.2) is 15.4 Å². The number of thiazole rings is 1. The van der Waals surface area contributed by atoms with Crippen LogP contribution < -0.4 is 15.2 Å². The maximum atomic E-state index is 12.7. The van der Waals surface area contributed by atoms with Crippen LogP contribution in [0.15, 0.2) is 88.4 Å². The Balaban J connectivity index is 1.35. The lowest BCUT2D eigenvalue weighted by molar-refractivity contribution is 0.0951. The van der Waals surface area contributed by atoms with Crippen molar-refractivity contribution in [2.75, 3.05) is 12.1 Å². The molecule has 10 heteroatoms. The highest BCUT2D eigenvalue weighted by molar-refractivity contribution is 7.14. The van der Waals surface area contributed by atoms with Crippen molar-refractivity contribution in [1.82, 2.24) is 10.4 Å². The molecule has 0 aliphatic carbocycles. The summed E-state index contributed by atoms with van der Waals surface area (Å²) in [5.41, 5.74) is 6.33. The molecular weight excluding hydrogens is 510 g/mol. The number of nitrogens with one attached hydrogen (secondary N) is 1. The van der Waals surface area contributed by atoms with E-state index in [4.69, 9.17) is 21.4 Å². The molecule has 1 aliphatic rings. The third-order valence-electron chi connectivity index (χ3n) is 5.78. The Morgan fingerprint density at radius 2 is 1.97 bits per heavy atom. The summed E-state index contributed by atoms with van der Waals surface area (Å²) < 4.78 is 5.03. The number of carbonyl (C=O) groups excluding carboxylic acids is 1. The quantitative estimate of drug-likeness (QED) is 0.238. The van der Waals surface area contributed by atoms with Gasteiger partial charge in [0.1, 0.15) is 5.69 Å². The fourth-order valence-corrected chi connectivity index (χ4v) is 4.85. The molecule has 186 valence electrons. The van der Waals surface area contributed by atoms with E-state index in [9.17, 15) is 9.90 Å². The second-order valence-electron chi connectivity index (χ2n) is 8.17. The summed E-state index contributed by atoms with van der Waals surface area (Å²) in [6.45, 7) is 0. The Labute approximate surface area is 222 Å². The molecule has 0 bridgehead atoms. The summed E-state index contributed by atoms with van der Waals surface area (Å²) in [7, 11) is 1.47. The summed E-state index contributed by atoms with van der Waals surface area (Å²) in [4.78, 5) is 17.2. The minimum absolute atomic E-state index is 0.0156. The van der Waals surface area contributed by atoms with Gasteiger partial charge in [0, 0.05) is 16.8 Å². The van der Waals surface area contributed by atoms with E-state index in [1.807, 2.05) is 59.6 Å². The van der Waals surface area contributed by atoms with Crippen molar-refractivity contribution in [3.63, 3.8) is 0 Å². The van der Waals surface area contributed by atoms with E-state index in [0.717, 1.165) is 16.8 Å². The zero-order valence-corrected chi connectivity index (χ0v) is 21.3. The average molecular weight is 532 g/mol. The molecular formula is C27H22ClN5O3S. The molecule has 37 heavy (non-hydrogen) atoms. The minimum atomic E-state index is -0.453. The molecule has 8 nitrogen and oxygen atoms in total. The summed E-state index contributed by atoms with van der Waals surface area (Å²) in [5.74, 6) is -0.114. The smallest absolute Gasteiger partial charge is 0.290 e. The Kier molecular flexibility index (Phi) is 7.16. The number of carbonyl (C=O) groups is 1. The minimum Gasteiger partial charge on any atom is -0.504 e. The average Bonchev–Trinajstić information content (AvgIpc) is 3.58. The molecule has 2 heterocycles.